The lowest BCUT2D eigenvalue weighted by molar-refractivity contribution is -0.126. The Morgan fingerprint density at radius 1 is 1.34 bits per heavy atom. The highest BCUT2D eigenvalue weighted by Gasteiger charge is 2.37. The summed E-state index contributed by atoms with van der Waals surface area (Å²) in [6.45, 7) is 3.15. The average molecular weight is 415 g/mol. The van der Waals surface area contributed by atoms with Crippen LogP contribution in [-0.2, 0) is 22.4 Å². The second-order valence-corrected chi connectivity index (χ2v) is 7.90. The van der Waals surface area contributed by atoms with Gasteiger partial charge >= 0.3 is 0 Å². The van der Waals surface area contributed by atoms with Gasteiger partial charge in [0.2, 0.25) is 5.91 Å². The molecule has 0 unspecified atom stereocenters. The van der Waals surface area contributed by atoms with Crippen molar-refractivity contribution >= 4 is 17.2 Å². The molecule has 6 nitrogen and oxygen atoms in total. The number of benzene rings is 1. The van der Waals surface area contributed by atoms with Crippen molar-refractivity contribution < 1.29 is 13.9 Å². The summed E-state index contributed by atoms with van der Waals surface area (Å²) in [7, 11) is 0. The van der Waals surface area contributed by atoms with Crippen LogP contribution in [0.15, 0.2) is 41.9 Å². The first kappa shape index (κ1) is 19.7. The number of hydrogen-bond donors (Lipinski definition) is 1. The highest BCUT2D eigenvalue weighted by atomic mass is 32.1. The molecule has 152 valence electrons. The highest BCUT2D eigenvalue weighted by molar-refractivity contribution is 7.09. The molecule has 3 heterocycles. The van der Waals surface area contributed by atoms with Gasteiger partial charge in [-0.1, -0.05) is 6.92 Å². The van der Waals surface area contributed by atoms with E-state index in [9.17, 15) is 9.18 Å². The van der Waals surface area contributed by atoms with Crippen LogP contribution in [-0.4, -0.2) is 33.8 Å². The van der Waals surface area contributed by atoms with Crippen molar-refractivity contribution in [2.75, 3.05) is 13.2 Å². The van der Waals surface area contributed by atoms with Crippen molar-refractivity contribution in [3.63, 3.8) is 0 Å². The molecule has 2 atom stereocenters. The summed E-state index contributed by atoms with van der Waals surface area (Å²) >= 11 is 1.66. The van der Waals surface area contributed by atoms with Crippen LogP contribution in [0.1, 0.15) is 35.8 Å². The van der Waals surface area contributed by atoms with Gasteiger partial charge in [0, 0.05) is 31.1 Å². The second-order valence-electron chi connectivity index (χ2n) is 6.96. The van der Waals surface area contributed by atoms with Gasteiger partial charge in [-0.15, -0.1) is 11.3 Å². The third-order valence-corrected chi connectivity index (χ3v) is 6.09. The highest BCUT2D eigenvalue weighted by Crippen LogP contribution is 2.35. The van der Waals surface area contributed by atoms with E-state index in [1.807, 2.05) is 11.4 Å². The molecule has 3 aromatic rings. The molecule has 0 radical (unpaired) electrons. The van der Waals surface area contributed by atoms with E-state index in [-0.39, 0.29) is 23.7 Å². The van der Waals surface area contributed by atoms with Crippen molar-refractivity contribution in [2.45, 2.75) is 32.3 Å². The SMILES string of the molecule is CCc1nc(CCNC(=O)[C@H]2CCO[C@@H]2c2ccnn2-c2ccc(F)cc2)cs1. The molecule has 1 amide bonds. The summed E-state index contributed by atoms with van der Waals surface area (Å²) in [4.78, 5) is 17.3. The summed E-state index contributed by atoms with van der Waals surface area (Å²) in [6, 6.07) is 7.95. The van der Waals surface area contributed by atoms with E-state index >= 15 is 0 Å². The fourth-order valence-corrected chi connectivity index (χ4v) is 4.33. The van der Waals surface area contributed by atoms with Crippen molar-refractivity contribution in [3.8, 4) is 5.69 Å². The maximum absolute atomic E-state index is 13.2. The van der Waals surface area contributed by atoms with Crippen molar-refractivity contribution in [1.82, 2.24) is 20.1 Å². The Morgan fingerprint density at radius 3 is 2.93 bits per heavy atom. The monoisotopic (exact) mass is 414 g/mol. The fourth-order valence-electron chi connectivity index (χ4n) is 3.55. The molecule has 1 saturated heterocycles. The molecular formula is C21H23FN4O2S. The van der Waals surface area contributed by atoms with E-state index < -0.39 is 0 Å². The molecule has 1 aromatic carbocycles. The molecule has 29 heavy (non-hydrogen) atoms. The number of rotatable bonds is 7. The minimum Gasteiger partial charge on any atom is -0.371 e. The fraction of sp³-hybridized carbons (Fsp3) is 0.381. The van der Waals surface area contributed by atoms with E-state index in [0.717, 1.165) is 28.5 Å². The number of nitrogens with one attached hydrogen (secondary N) is 1. The first-order chi connectivity index (χ1) is 14.2. The Kier molecular flexibility index (Phi) is 6.01. The maximum atomic E-state index is 13.2. The standard InChI is InChI=1S/C21H23FN4O2S/c1-2-19-25-15(13-29-19)7-10-23-21(27)17-9-12-28-20(17)18-8-11-24-26(18)16-5-3-14(22)4-6-16/h3-6,8,11,13,17,20H,2,7,9-10,12H2,1H3,(H,23,27)/t17-,20-/m0/s1. The number of ether oxygens (including phenoxy) is 1. The zero-order valence-electron chi connectivity index (χ0n) is 16.2. The van der Waals surface area contributed by atoms with Crippen LogP contribution in [0.4, 0.5) is 4.39 Å². The van der Waals surface area contributed by atoms with Crippen LogP contribution >= 0.6 is 11.3 Å². The van der Waals surface area contributed by atoms with Gasteiger partial charge in [0.05, 0.1) is 28.0 Å². The Balaban J connectivity index is 1.42. The smallest absolute Gasteiger partial charge is 0.226 e. The van der Waals surface area contributed by atoms with Crippen LogP contribution in [0.25, 0.3) is 5.69 Å². The molecular weight excluding hydrogens is 391 g/mol. The Bertz CT molecular complexity index is 969. The first-order valence-corrected chi connectivity index (χ1v) is 10.7. The summed E-state index contributed by atoms with van der Waals surface area (Å²) in [5.41, 5.74) is 2.54. The molecule has 8 heteroatoms. The number of halogens is 1. The molecule has 1 aliphatic rings. The first-order valence-electron chi connectivity index (χ1n) is 9.78. The minimum atomic E-state index is -0.381. The molecule has 0 saturated carbocycles. The lowest BCUT2D eigenvalue weighted by atomic mass is 9.97. The maximum Gasteiger partial charge on any atom is 0.226 e. The van der Waals surface area contributed by atoms with Crippen LogP contribution in [0.5, 0.6) is 0 Å². The lowest BCUT2D eigenvalue weighted by Crippen LogP contribution is -2.34. The van der Waals surface area contributed by atoms with E-state index in [4.69, 9.17) is 4.74 Å². The lowest BCUT2D eigenvalue weighted by Gasteiger charge is -2.19. The normalized spacial score (nSPS) is 18.8. The van der Waals surface area contributed by atoms with Crippen LogP contribution < -0.4 is 5.32 Å². The number of hydrogen-bond acceptors (Lipinski definition) is 5. The molecule has 1 N–H and O–H groups in total. The van der Waals surface area contributed by atoms with Crippen LogP contribution in [0.2, 0.25) is 0 Å². The van der Waals surface area contributed by atoms with Crippen molar-refractivity contribution in [2.24, 2.45) is 5.92 Å². The number of thiazole rings is 1. The predicted molar refractivity (Wildman–Crippen MR) is 109 cm³/mol. The topological polar surface area (TPSA) is 69.0 Å². The number of amides is 1. The summed E-state index contributed by atoms with van der Waals surface area (Å²) < 4.78 is 20.8. The second kappa shape index (κ2) is 8.84. The molecule has 2 aromatic heterocycles. The largest absolute Gasteiger partial charge is 0.371 e. The zero-order chi connectivity index (χ0) is 20.2. The molecule has 0 aliphatic carbocycles. The minimum absolute atomic E-state index is 0.0229. The number of carbonyl (C=O) groups excluding carboxylic acids is 1. The zero-order valence-corrected chi connectivity index (χ0v) is 17.0. The molecule has 1 aliphatic heterocycles. The third kappa shape index (κ3) is 4.38. The molecule has 1 fully saturated rings. The quantitative estimate of drug-likeness (QED) is 0.643. The predicted octanol–water partition coefficient (Wildman–Crippen LogP) is 3.47. The van der Waals surface area contributed by atoms with E-state index in [2.05, 4.69) is 22.3 Å². The van der Waals surface area contributed by atoms with Gasteiger partial charge in [-0.25, -0.2) is 14.1 Å². The van der Waals surface area contributed by atoms with Gasteiger partial charge in [-0.2, -0.15) is 5.10 Å². The van der Waals surface area contributed by atoms with Crippen molar-refractivity contribution in [1.29, 1.82) is 0 Å². The number of nitrogens with zero attached hydrogens (tertiary/aromatic N) is 3. The molecule has 4 rings (SSSR count). The molecule has 0 spiro atoms. The van der Waals surface area contributed by atoms with Gasteiger partial charge in [-0.05, 0) is 43.2 Å². The average Bonchev–Trinajstić information content (AvgIpc) is 3.48. The van der Waals surface area contributed by atoms with Gasteiger partial charge in [-0.3, -0.25) is 4.79 Å². The van der Waals surface area contributed by atoms with E-state index in [0.29, 0.717) is 26.0 Å². The van der Waals surface area contributed by atoms with Crippen LogP contribution in [0.3, 0.4) is 0 Å². The van der Waals surface area contributed by atoms with Crippen LogP contribution in [0, 0.1) is 11.7 Å². The summed E-state index contributed by atoms with van der Waals surface area (Å²) in [5, 5.41) is 10.5. The van der Waals surface area contributed by atoms with Gasteiger partial charge in [0.15, 0.2) is 0 Å². The number of aromatic nitrogens is 3. The van der Waals surface area contributed by atoms with Gasteiger partial charge in [0.25, 0.3) is 0 Å². The van der Waals surface area contributed by atoms with Gasteiger partial charge in [0.1, 0.15) is 11.9 Å². The van der Waals surface area contributed by atoms with E-state index in [1.54, 1.807) is 34.3 Å². The Hall–Kier alpha value is -2.58. The Labute approximate surface area is 172 Å². The number of carbonyl (C=O) groups is 1. The summed E-state index contributed by atoms with van der Waals surface area (Å²) in [6.07, 6.45) is 3.59. The number of aryl methyl sites for hydroxylation is 1. The third-order valence-electron chi connectivity index (χ3n) is 5.05. The van der Waals surface area contributed by atoms with E-state index in [1.165, 1.54) is 12.1 Å². The molecule has 0 bridgehead atoms. The van der Waals surface area contributed by atoms with Gasteiger partial charge < -0.3 is 10.1 Å². The van der Waals surface area contributed by atoms with Crippen molar-refractivity contribution in [3.05, 3.63) is 64.1 Å². The summed E-state index contributed by atoms with van der Waals surface area (Å²) in [5.74, 6) is -0.610. The Morgan fingerprint density at radius 2 is 2.17 bits per heavy atom.